The molecule has 2 aliphatic carbocycles. The number of aromatic hydroxyl groups is 1. The lowest BCUT2D eigenvalue weighted by Gasteiger charge is -2.64. The summed E-state index contributed by atoms with van der Waals surface area (Å²) in [5.74, 6) is -0.775. The van der Waals surface area contributed by atoms with Crippen molar-refractivity contribution in [1.82, 2.24) is 9.80 Å². The van der Waals surface area contributed by atoms with Gasteiger partial charge in [0.05, 0.1) is 33.6 Å². The summed E-state index contributed by atoms with van der Waals surface area (Å²) in [6.07, 6.45) is 0.0788. The second-order valence-corrected chi connectivity index (χ2v) is 11.6. The van der Waals surface area contributed by atoms with Gasteiger partial charge >= 0.3 is 6.18 Å². The predicted octanol–water partition coefficient (Wildman–Crippen LogP) is 4.20. The fourth-order valence-corrected chi connectivity index (χ4v) is 7.88. The predicted molar refractivity (Wildman–Crippen MR) is 146 cm³/mol. The highest BCUT2D eigenvalue weighted by Crippen LogP contribution is 2.67. The molecule has 42 heavy (non-hydrogen) atoms. The van der Waals surface area contributed by atoms with Crippen LogP contribution < -0.4 is 4.74 Å². The summed E-state index contributed by atoms with van der Waals surface area (Å²) in [6.45, 7) is 4.85. The van der Waals surface area contributed by atoms with E-state index in [9.17, 15) is 38.3 Å². The topological polar surface area (TPSA) is 116 Å². The van der Waals surface area contributed by atoms with Gasteiger partial charge in [-0.3, -0.25) is 19.8 Å². The summed E-state index contributed by atoms with van der Waals surface area (Å²) in [4.78, 5) is 28.4. The fraction of sp³-hybridized carbons (Fsp3) is 0.433. The number of alkyl halides is 3. The molecular formula is C30H30F3N3O6. The number of carbonyl (C=O) groups excluding carboxylic acids is 1. The molecule has 0 unspecified atom stereocenters. The van der Waals surface area contributed by atoms with E-state index in [4.69, 9.17) is 4.74 Å². The van der Waals surface area contributed by atoms with Crippen LogP contribution in [-0.2, 0) is 22.8 Å². The normalized spacial score (nSPS) is 29.6. The van der Waals surface area contributed by atoms with Gasteiger partial charge in [0.25, 0.3) is 5.69 Å². The van der Waals surface area contributed by atoms with E-state index in [-0.39, 0.29) is 29.8 Å². The van der Waals surface area contributed by atoms with Gasteiger partial charge in [0.2, 0.25) is 5.91 Å². The number of halogens is 3. The van der Waals surface area contributed by atoms with Crippen LogP contribution in [0.5, 0.6) is 11.5 Å². The quantitative estimate of drug-likeness (QED) is 0.226. The van der Waals surface area contributed by atoms with E-state index in [1.165, 1.54) is 29.2 Å². The number of nitrogens with zero attached hydrogens (tertiary/aromatic N) is 3. The number of ether oxygens (including phenoxy) is 1. The summed E-state index contributed by atoms with van der Waals surface area (Å²) in [6, 6.07) is 4.66. The van der Waals surface area contributed by atoms with Crippen LogP contribution in [0.15, 0.2) is 49.1 Å². The highest BCUT2D eigenvalue weighted by molar-refractivity contribution is 5.92. The zero-order valence-corrected chi connectivity index (χ0v) is 22.8. The number of piperidine rings is 1. The van der Waals surface area contributed by atoms with E-state index in [1.54, 1.807) is 13.1 Å². The Balaban J connectivity index is 1.39. The lowest BCUT2D eigenvalue weighted by molar-refractivity contribution is -0.386. The summed E-state index contributed by atoms with van der Waals surface area (Å²) in [7, 11) is 1.56. The van der Waals surface area contributed by atoms with Gasteiger partial charge in [-0.1, -0.05) is 18.2 Å². The molecule has 2 aromatic rings. The molecule has 2 heterocycles. The average molecular weight is 586 g/mol. The minimum Gasteiger partial charge on any atom is -0.504 e. The maximum absolute atomic E-state index is 13.4. The second kappa shape index (κ2) is 9.56. The van der Waals surface area contributed by atoms with Crippen molar-refractivity contribution in [3.8, 4) is 11.5 Å². The Kier molecular flexibility index (Phi) is 6.43. The molecule has 4 aliphatic rings. The Bertz CT molecular complexity index is 1530. The third kappa shape index (κ3) is 3.88. The number of rotatable bonds is 6. The molecule has 1 saturated heterocycles. The Morgan fingerprint density at radius 1 is 1.33 bits per heavy atom. The third-order valence-electron chi connectivity index (χ3n) is 9.68. The number of phenols is 1. The average Bonchev–Trinajstić information content (AvgIpc) is 3.29. The first-order valence-corrected chi connectivity index (χ1v) is 13.7. The van der Waals surface area contributed by atoms with Gasteiger partial charge in [-0.25, -0.2) is 0 Å². The van der Waals surface area contributed by atoms with E-state index in [0.717, 1.165) is 18.2 Å². The molecule has 5 atom stereocenters. The van der Waals surface area contributed by atoms with Crippen LogP contribution in [0.1, 0.15) is 41.5 Å². The van der Waals surface area contributed by atoms with Gasteiger partial charge in [0, 0.05) is 36.8 Å². The molecule has 2 aromatic carbocycles. The standard InChI is InChI=1S/C30H30F3N3O6/c1-3-12-35-13-11-28-25-19-15-23(35)29(28,39)10-9-20(27(28)42-26(25)22(37)16-21(19)36(40)41)34(2)24(38)8-7-17-5-4-6-18(14-17)30(31,32)33/h3-8,14,16,20,23,27,37,39H,1,9-13,15H2,2H3/t20-,23+,27-,28-,29+/m0/s1. The molecule has 0 aromatic heterocycles. The van der Waals surface area contributed by atoms with Crippen molar-refractivity contribution in [3.63, 3.8) is 0 Å². The first-order chi connectivity index (χ1) is 19.8. The van der Waals surface area contributed by atoms with Gasteiger partial charge < -0.3 is 19.8 Å². The zero-order chi connectivity index (χ0) is 30.2. The number of likely N-dealkylation sites (N-methyl/N-ethyl adjacent to an activating group) is 1. The van der Waals surface area contributed by atoms with Crippen molar-refractivity contribution in [3.05, 3.63) is 81.4 Å². The first kappa shape index (κ1) is 28.2. The smallest absolute Gasteiger partial charge is 0.416 e. The van der Waals surface area contributed by atoms with Crippen molar-refractivity contribution in [2.45, 2.75) is 61.1 Å². The van der Waals surface area contributed by atoms with Gasteiger partial charge in [-0.05, 0) is 56.0 Å². The van der Waals surface area contributed by atoms with Gasteiger partial charge in [0.1, 0.15) is 6.10 Å². The molecule has 2 N–H and O–H groups in total. The molecule has 6 rings (SSSR count). The largest absolute Gasteiger partial charge is 0.504 e. The van der Waals surface area contributed by atoms with Gasteiger partial charge in [0.15, 0.2) is 11.5 Å². The fourth-order valence-electron chi connectivity index (χ4n) is 7.88. The molecule has 2 fully saturated rings. The summed E-state index contributed by atoms with van der Waals surface area (Å²) in [5.41, 5.74) is -2.47. The Hall–Kier alpha value is -3.90. The molecule has 1 saturated carbocycles. The van der Waals surface area contributed by atoms with Crippen molar-refractivity contribution in [2.75, 3.05) is 20.1 Å². The molecular weight excluding hydrogens is 555 g/mol. The van der Waals surface area contributed by atoms with E-state index in [2.05, 4.69) is 11.5 Å². The summed E-state index contributed by atoms with van der Waals surface area (Å²) >= 11 is 0. The maximum Gasteiger partial charge on any atom is 0.416 e. The number of nitro groups is 1. The number of likely N-dealkylation sites (tertiary alicyclic amines) is 1. The molecule has 0 radical (unpaired) electrons. The van der Waals surface area contributed by atoms with E-state index < -0.39 is 57.5 Å². The Labute approximate surface area is 239 Å². The maximum atomic E-state index is 13.4. The highest BCUT2D eigenvalue weighted by Gasteiger charge is 2.74. The van der Waals surface area contributed by atoms with Crippen molar-refractivity contribution < 1.29 is 37.8 Å². The number of phenolic OH excluding ortho intramolecular Hbond substituents is 1. The van der Waals surface area contributed by atoms with E-state index in [0.29, 0.717) is 37.1 Å². The molecule has 9 nitrogen and oxygen atoms in total. The minimum atomic E-state index is -4.52. The molecule has 222 valence electrons. The van der Waals surface area contributed by atoms with Crippen LogP contribution in [0, 0.1) is 10.1 Å². The molecule has 1 spiro atoms. The SMILES string of the molecule is C=CCN1CC[C@]23c4c5c([N+](=O)[O-])cc(O)c4O[C@H]2[C@@H](N(C)C(=O)C=Cc2cccc(C(F)(F)F)c2)CC[C@@]3(O)[C@H]1C5. The zero-order valence-electron chi connectivity index (χ0n) is 22.8. The number of amides is 1. The lowest BCUT2D eigenvalue weighted by atomic mass is 9.48. The Morgan fingerprint density at radius 2 is 2.10 bits per heavy atom. The molecule has 2 bridgehead atoms. The van der Waals surface area contributed by atoms with Crippen LogP contribution in [0.3, 0.4) is 0 Å². The minimum absolute atomic E-state index is 0.0990. The number of carbonyl (C=O) groups is 1. The highest BCUT2D eigenvalue weighted by atomic mass is 19.4. The second-order valence-electron chi connectivity index (χ2n) is 11.6. The first-order valence-electron chi connectivity index (χ1n) is 13.7. The monoisotopic (exact) mass is 585 g/mol. The number of aliphatic hydroxyl groups is 1. The van der Waals surface area contributed by atoms with Crippen LogP contribution in [0.4, 0.5) is 18.9 Å². The molecule has 1 amide bonds. The van der Waals surface area contributed by atoms with Crippen molar-refractivity contribution in [2.24, 2.45) is 0 Å². The van der Waals surface area contributed by atoms with Crippen LogP contribution >= 0.6 is 0 Å². The van der Waals surface area contributed by atoms with E-state index >= 15 is 0 Å². The molecule has 2 aliphatic heterocycles. The molecule has 12 heteroatoms. The van der Waals surface area contributed by atoms with Crippen molar-refractivity contribution in [1.29, 1.82) is 0 Å². The van der Waals surface area contributed by atoms with Crippen LogP contribution in [0.25, 0.3) is 6.08 Å². The van der Waals surface area contributed by atoms with Gasteiger partial charge in [-0.2, -0.15) is 13.2 Å². The van der Waals surface area contributed by atoms with Crippen molar-refractivity contribution >= 4 is 17.7 Å². The van der Waals surface area contributed by atoms with Crippen LogP contribution in [0.2, 0.25) is 0 Å². The summed E-state index contributed by atoms with van der Waals surface area (Å²) < 4.78 is 45.8. The summed E-state index contributed by atoms with van der Waals surface area (Å²) in [5, 5.41) is 35.4. The number of benzene rings is 2. The van der Waals surface area contributed by atoms with E-state index in [1.807, 2.05) is 0 Å². The number of hydrogen-bond donors (Lipinski definition) is 2. The van der Waals surface area contributed by atoms with Gasteiger partial charge in [-0.15, -0.1) is 6.58 Å². The number of nitro benzene ring substituents is 1. The lowest BCUT2D eigenvalue weighted by Crippen LogP contribution is -2.78. The van der Waals surface area contributed by atoms with Crippen LogP contribution in [-0.4, -0.2) is 74.8 Å². The number of hydrogen-bond acceptors (Lipinski definition) is 7. The third-order valence-corrected chi connectivity index (χ3v) is 9.68. The Morgan fingerprint density at radius 3 is 2.79 bits per heavy atom.